The van der Waals surface area contributed by atoms with E-state index in [4.69, 9.17) is 21.7 Å². The van der Waals surface area contributed by atoms with Gasteiger partial charge in [-0.2, -0.15) is 0 Å². The molecule has 0 aliphatic rings. The monoisotopic (exact) mass is 324 g/mol. The average molecular weight is 324 g/mol. The fraction of sp³-hybridized carbons (Fsp3) is 0.833. The van der Waals surface area contributed by atoms with Gasteiger partial charge in [0.1, 0.15) is 31.0 Å². The molecule has 0 fully saturated rings. The van der Waals surface area contributed by atoms with Crippen molar-refractivity contribution in [2.24, 2.45) is 11.5 Å². The third-order valence-electron chi connectivity index (χ3n) is 2.99. The van der Waals surface area contributed by atoms with Crippen molar-refractivity contribution in [1.82, 2.24) is 0 Å². The molecule has 0 unspecified atom stereocenters. The third-order valence-corrected chi connectivity index (χ3v) is 2.99. The van der Waals surface area contributed by atoms with E-state index >= 15 is 0 Å². The number of aliphatic hydroxyl groups excluding tert-OH is 4. The van der Waals surface area contributed by atoms with Crippen LogP contribution in [-0.2, 0) is 14.3 Å². The van der Waals surface area contributed by atoms with Crippen molar-refractivity contribution >= 4 is 11.9 Å². The van der Waals surface area contributed by atoms with Crippen LogP contribution in [0.5, 0.6) is 0 Å². The fourth-order valence-electron chi connectivity index (χ4n) is 1.56. The maximum absolute atomic E-state index is 11.5. The highest BCUT2D eigenvalue weighted by molar-refractivity contribution is 5.75. The highest BCUT2D eigenvalue weighted by atomic mass is 16.5. The summed E-state index contributed by atoms with van der Waals surface area (Å²) >= 11 is 0. The zero-order valence-electron chi connectivity index (χ0n) is 12.0. The van der Waals surface area contributed by atoms with Gasteiger partial charge in [-0.15, -0.1) is 0 Å². The number of esters is 1. The van der Waals surface area contributed by atoms with Gasteiger partial charge < -0.3 is 41.7 Å². The summed E-state index contributed by atoms with van der Waals surface area (Å²) in [5, 5.41) is 45.8. The van der Waals surface area contributed by atoms with Gasteiger partial charge in [-0.1, -0.05) is 6.42 Å². The molecular formula is C12H24N2O8. The zero-order valence-corrected chi connectivity index (χ0v) is 12.0. The molecule has 5 atom stereocenters. The number of aliphatic carboxylic acids is 1. The van der Waals surface area contributed by atoms with E-state index in [-0.39, 0.29) is 0 Å². The minimum absolute atomic E-state index is 0.342. The maximum atomic E-state index is 11.5. The minimum atomic E-state index is -2.28. The Labute approximate surface area is 127 Å². The van der Waals surface area contributed by atoms with Crippen LogP contribution in [0.25, 0.3) is 0 Å². The Morgan fingerprint density at radius 2 is 1.64 bits per heavy atom. The Hall–Kier alpha value is -1.30. The number of carbonyl (C=O) groups is 2. The number of carboxylic acid groups (broad SMARTS) is 1. The van der Waals surface area contributed by atoms with Gasteiger partial charge in [0.2, 0.25) is 0 Å². The van der Waals surface area contributed by atoms with Crippen molar-refractivity contribution < 1.29 is 39.9 Å². The second-order valence-corrected chi connectivity index (χ2v) is 4.85. The molecule has 130 valence electrons. The number of unbranched alkanes of at least 4 members (excludes halogenated alkanes) is 1. The molecule has 10 nitrogen and oxygen atoms in total. The fourth-order valence-corrected chi connectivity index (χ4v) is 1.56. The standard InChI is InChI=1S/C12H24N2O8/c13-4-2-1-3-6(14)12(21)22-5-7(15)8(16)9(17)10(18)11(19)20/h6-10,15-18H,1-5,13-14H2,(H,19,20)/t6-,7-,8-,9+,10-/m1/s1. The highest BCUT2D eigenvalue weighted by Crippen LogP contribution is 2.07. The van der Waals surface area contributed by atoms with Gasteiger partial charge >= 0.3 is 11.9 Å². The van der Waals surface area contributed by atoms with Gasteiger partial charge in [-0.3, -0.25) is 4.79 Å². The van der Waals surface area contributed by atoms with Gasteiger partial charge in [0.05, 0.1) is 0 Å². The number of nitrogens with two attached hydrogens (primary N) is 2. The van der Waals surface area contributed by atoms with Crippen LogP contribution in [0.2, 0.25) is 0 Å². The summed E-state index contributed by atoms with van der Waals surface area (Å²) in [4.78, 5) is 21.9. The lowest BCUT2D eigenvalue weighted by molar-refractivity contribution is -0.168. The molecule has 0 saturated carbocycles. The Bertz CT molecular complexity index is 354. The van der Waals surface area contributed by atoms with E-state index < -0.39 is 49.0 Å². The predicted octanol–water partition coefficient (Wildman–Crippen LogP) is -3.49. The molecule has 0 radical (unpaired) electrons. The van der Waals surface area contributed by atoms with Gasteiger partial charge in [-0.25, -0.2) is 4.79 Å². The number of hydrogen-bond donors (Lipinski definition) is 7. The van der Waals surface area contributed by atoms with Crippen molar-refractivity contribution in [1.29, 1.82) is 0 Å². The molecular weight excluding hydrogens is 300 g/mol. The van der Waals surface area contributed by atoms with Crippen LogP contribution in [0.15, 0.2) is 0 Å². The summed E-state index contributed by atoms with van der Waals surface area (Å²) in [5.41, 5.74) is 10.8. The summed E-state index contributed by atoms with van der Waals surface area (Å²) in [6.07, 6.45) is -6.53. The molecule has 0 aliphatic carbocycles. The van der Waals surface area contributed by atoms with Crippen LogP contribution in [0.4, 0.5) is 0 Å². The molecule has 0 saturated heterocycles. The van der Waals surface area contributed by atoms with E-state index in [9.17, 15) is 24.9 Å². The van der Waals surface area contributed by atoms with Crippen LogP contribution in [0, 0.1) is 0 Å². The van der Waals surface area contributed by atoms with Crippen molar-refractivity contribution in [2.45, 2.75) is 49.7 Å². The summed E-state index contributed by atoms with van der Waals surface area (Å²) in [6, 6.07) is -0.912. The highest BCUT2D eigenvalue weighted by Gasteiger charge is 2.35. The lowest BCUT2D eigenvalue weighted by Crippen LogP contribution is -2.49. The van der Waals surface area contributed by atoms with E-state index in [0.29, 0.717) is 25.8 Å². The van der Waals surface area contributed by atoms with Gasteiger partial charge in [0.15, 0.2) is 6.10 Å². The molecule has 0 bridgehead atoms. The smallest absolute Gasteiger partial charge is 0.335 e. The zero-order chi connectivity index (χ0) is 17.3. The van der Waals surface area contributed by atoms with E-state index in [1.807, 2.05) is 0 Å². The second kappa shape index (κ2) is 10.4. The van der Waals surface area contributed by atoms with E-state index in [2.05, 4.69) is 4.74 Å². The van der Waals surface area contributed by atoms with Gasteiger partial charge in [0.25, 0.3) is 0 Å². The van der Waals surface area contributed by atoms with Crippen molar-refractivity contribution in [3.05, 3.63) is 0 Å². The summed E-state index contributed by atoms with van der Waals surface area (Å²) in [5.74, 6) is -2.57. The molecule has 0 aliphatic heterocycles. The van der Waals surface area contributed by atoms with E-state index in [0.717, 1.165) is 0 Å². The topological polar surface area (TPSA) is 197 Å². The predicted molar refractivity (Wildman–Crippen MR) is 73.5 cm³/mol. The molecule has 0 aromatic heterocycles. The van der Waals surface area contributed by atoms with E-state index in [1.54, 1.807) is 0 Å². The van der Waals surface area contributed by atoms with Gasteiger partial charge in [-0.05, 0) is 19.4 Å². The van der Waals surface area contributed by atoms with Crippen LogP contribution < -0.4 is 11.5 Å². The lowest BCUT2D eigenvalue weighted by Gasteiger charge is -2.24. The first kappa shape index (κ1) is 20.7. The Morgan fingerprint density at radius 1 is 1.05 bits per heavy atom. The molecule has 0 aromatic rings. The largest absolute Gasteiger partial charge is 0.479 e. The number of hydrogen-bond acceptors (Lipinski definition) is 9. The molecule has 0 heterocycles. The molecule has 0 amide bonds. The van der Waals surface area contributed by atoms with Crippen molar-refractivity contribution in [3.63, 3.8) is 0 Å². The first-order chi connectivity index (χ1) is 10.2. The average Bonchev–Trinajstić information content (AvgIpc) is 2.49. The molecule has 0 aromatic carbocycles. The third kappa shape index (κ3) is 7.11. The van der Waals surface area contributed by atoms with Crippen molar-refractivity contribution in [2.75, 3.05) is 13.2 Å². The first-order valence-electron chi connectivity index (χ1n) is 6.79. The maximum Gasteiger partial charge on any atom is 0.335 e. The molecule has 22 heavy (non-hydrogen) atoms. The van der Waals surface area contributed by atoms with E-state index in [1.165, 1.54) is 0 Å². The number of ether oxygens (including phenoxy) is 1. The van der Waals surface area contributed by atoms with Gasteiger partial charge in [0, 0.05) is 0 Å². The summed E-state index contributed by atoms with van der Waals surface area (Å²) in [7, 11) is 0. The number of rotatable bonds is 11. The molecule has 10 heteroatoms. The first-order valence-corrected chi connectivity index (χ1v) is 6.79. The lowest BCUT2D eigenvalue weighted by atomic mass is 10.0. The van der Waals surface area contributed by atoms with Crippen LogP contribution in [0.1, 0.15) is 19.3 Å². The summed E-state index contributed by atoms with van der Waals surface area (Å²) < 4.78 is 4.66. The number of carboxylic acids is 1. The number of aliphatic hydroxyl groups is 4. The normalized spacial score (nSPS) is 18.1. The summed E-state index contributed by atoms with van der Waals surface area (Å²) in [6.45, 7) is -0.232. The van der Waals surface area contributed by atoms with Crippen LogP contribution in [-0.4, -0.2) is 81.1 Å². The van der Waals surface area contributed by atoms with Crippen LogP contribution in [0.3, 0.4) is 0 Å². The Balaban J connectivity index is 4.22. The minimum Gasteiger partial charge on any atom is -0.479 e. The molecule has 0 spiro atoms. The molecule has 9 N–H and O–H groups in total. The SMILES string of the molecule is NCCCC[C@@H](N)C(=O)OC[C@@H](O)[C@@H](O)[C@H](O)[C@@H](O)C(=O)O. The second-order valence-electron chi connectivity index (χ2n) is 4.85. The Morgan fingerprint density at radius 3 is 2.14 bits per heavy atom. The van der Waals surface area contributed by atoms with Crippen molar-refractivity contribution in [3.8, 4) is 0 Å². The number of carbonyl (C=O) groups excluding carboxylic acids is 1. The molecule has 0 rings (SSSR count). The quantitative estimate of drug-likeness (QED) is 0.148. The Kier molecular flexibility index (Phi) is 9.81. The van der Waals surface area contributed by atoms with Crippen LogP contribution >= 0.6 is 0 Å².